The van der Waals surface area contributed by atoms with Crippen LogP contribution in [0.25, 0.3) is 0 Å². The summed E-state index contributed by atoms with van der Waals surface area (Å²) >= 11 is 6.15. The summed E-state index contributed by atoms with van der Waals surface area (Å²) in [6.45, 7) is 2.73. The highest BCUT2D eigenvalue weighted by Crippen LogP contribution is 2.31. The number of allylic oxidation sites excluding steroid dienone is 2. The van der Waals surface area contributed by atoms with Gasteiger partial charge in [-0.1, -0.05) is 48.0 Å². The summed E-state index contributed by atoms with van der Waals surface area (Å²) < 4.78 is 5.46. The first-order chi connectivity index (χ1) is 21.9. The smallest absolute Gasteiger partial charge is 0.299 e. The van der Waals surface area contributed by atoms with Gasteiger partial charge in [0.25, 0.3) is 11.7 Å². The largest absolute Gasteiger partial charge is 0.378 e. The van der Waals surface area contributed by atoms with Gasteiger partial charge >= 0.3 is 0 Å². The lowest BCUT2D eigenvalue weighted by molar-refractivity contribution is -0.140. The Morgan fingerprint density at radius 1 is 0.956 bits per heavy atom. The molecule has 1 saturated heterocycles. The number of ketones is 1. The predicted octanol–water partition coefficient (Wildman–Crippen LogP) is 5.10. The molecule has 2 aliphatic heterocycles. The van der Waals surface area contributed by atoms with E-state index in [-0.39, 0.29) is 30.5 Å². The first-order valence-electron chi connectivity index (χ1n) is 15.3. The van der Waals surface area contributed by atoms with Crippen molar-refractivity contribution < 1.29 is 23.9 Å². The van der Waals surface area contributed by atoms with Crippen LogP contribution in [0.4, 0.5) is 17.1 Å². The third kappa shape index (κ3) is 6.79. The van der Waals surface area contributed by atoms with Gasteiger partial charge in [-0.25, -0.2) is 0 Å². The molecule has 2 heterocycles. The van der Waals surface area contributed by atoms with E-state index in [0.717, 1.165) is 37.2 Å². The number of carbonyl (C=O) groups is 4. The molecule has 0 saturated carbocycles. The van der Waals surface area contributed by atoms with Gasteiger partial charge in [-0.15, -0.1) is 0 Å². The number of benzene rings is 3. The molecule has 3 aromatic rings. The average molecular weight is 627 g/mol. The zero-order valence-electron chi connectivity index (χ0n) is 24.9. The molecule has 3 aliphatic rings. The number of ether oxygens (including phenoxy) is 1. The zero-order chi connectivity index (χ0) is 31.3. The number of fused-ring (bicyclic) bond motifs is 1. The number of nitrogens with zero attached hydrogens (tertiary/aromatic N) is 3. The Hall–Kier alpha value is -4.47. The molecule has 45 heavy (non-hydrogen) atoms. The molecule has 6 rings (SSSR count). The van der Waals surface area contributed by atoms with E-state index in [2.05, 4.69) is 22.4 Å². The number of anilines is 3. The molecule has 10 heteroatoms. The van der Waals surface area contributed by atoms with Crippen molar-refractivity contribution in [3.8, 4) is 0 Å². The highest BCUT2D eigenvalue weighted by atomic mass is 35.5. The second kappa shape index (κ2) is 13.7. The lowest BCUT2D eigenvalue weighted by atomic mass is 9.85. The number of halogens is 1. The quantitative estimate of drug-likeness (QED) is 0.262. The van der Waals surface area contributed by atoms with Gasteiger partial charge in [0.05, 0.1) is 24.5 Å². The molecule has 0 bridgehead atoms. The monoisotopic (exact) mass is 626 g/mol. The number of amides is 3. The fourth-order valence-electron chi connectivity index (χ4n) is 6.27. The Morgan fingerprint density at radius 2 is 1.69 bits per heavy atom. The molecular weight excluding hydrogens is 592 g/mol. The van der Waals surface area contributed by atoms with Crippen molar-refractivity contribution in [1.29, 1.82) is 0 Å². The summed E-state index contributed by atoms with van der Waals surface area (Å²) in [5.74, 6) is -2.28. The summed E-state index contributed by atoms with van der Waals surface area (Å²) in [5, 5.41) is 3.63. The van der Waals surface area contributed by atoms with Crippen molar-refractivity contribution in [3.05, 3.63) is 101 Å². The molecular formula is C35H35ClN4O5. The third-order valence-electron chi connectivity index (χ3n) is 8.63. The van der Waals surface area contributed by atoms with Gasteiger partial charge in [-0.3, -0.25) is 24.1 Å². The van der Waals surface area contributed by atoms with E-state index in [1.54, 1.807) is 41.3 Å². The maximum atomic E-state index is 14.3. The van der Waals surface area contributed by atoms with E-state index in [4.69, 9.17) is 16.3 Å². The van der Waals surface area contributed by atoms with Crippen LogP contribution >= 0.6 is 11.6 Å². The molecule has 3 aromatic carbocycles. The number of Topliss-reactive ketones (excluding diaryl/α,β-unsaturated/α-hetero) is 1. The van der Waals surface area contributed by atoms with Crippen LogP contribution in [0.2, 0.25) is 5.02 Å². The van der Waals surface area contributed by atoms with Gasteiger partial charge in [-0.2, -0.15) is 0 Å². The molecule has 1 aliphatic carbocycles. The Balaban J connectivity index is 1.30. The molecule has 2 atom stereocenters. The van der Waals surface area contributed by atoms with E-state index in [9.17, 15) is 19.2 Å². The van der Waals surface area contributed by atoms with E-state index >= 15 is 0 Å². The molecule has 1 N–H and O–H groups in total. The average Bonchev–Trinajstić information content (AvgIpc) is 3.31. The molecule has 9 nitrogen and oxygen atoms in total. The molecule has 0 aromatic heterocycles. The Bertz CT molecular complexity index is 1600. The number of carbonyl (C=O) groups excluding carboxylic acids is 4. The normalized spacial score (nSPS) is 18.5. The fourth-order valence-corrected chi connectivity index (χ4v) is 6.39. The molecule has 1 fully saturated rings. The molecule has 3 amide bonds. The standard InChI is InChI=1S/C35H35ClN4O5/c36-26-12-10-24(11-13-26)22-40(31(41)23-39-30-9-5-4-8-29(30)33(42)35(39)44)32(25-6-2-1-3-7-25)34(43)37-27-14-16-28(17-15-27)38-18-20-45-21-19-38/h1-2,4-5,8-17,25,32H,3,6-7,18-23H2,(H,37,43). The Morgan fingerprint density at radius 3 is 2.40 bits per heavy atom. The number of nitrogens with one attached hydrogen (secondary N) is 1. The van der Waals surface area contributed by atoms with E-state index in [1.807, 2.05) is 36.4 Å². The minimum atomic E-state index is -0.833. The van der Waals surface area contributed by atoms with Crippen LogP contribution in [-0.2, 0) is 25.7 Å². The van der Waals surface area contributed by atoms with E-state index in [1.165, 1.54) is 4.90 Å². The van der Waals surface area contributed by atoms with Crippen LogP contribution in [0.15, 0.2) is 84.9 Å². The summed E-state index contributed by atoms with van der Waals surface area (Å²) in [7, 11) is 0. The second-order valence-corrected chi connectivity index (χ2v) is 11.9. The number of rotatable bonds is 9. The number of morpholine rings is 1. The van der Waals surface area contributed by atoms with Crippen molar-refractivity contribution in [2.75, 3.05) is 48.0 Å². The Kier molecular flexibility index (Phi) is 9.28. The van der Waals surface area contributed by atoms with Gasteiger partial charge in [-0.05, 0) is 79.3 Å². The van der Waals surface area contributed by atoms with Crippen molar-refractivity contribution in [3.63, 3.8) is 0 Å². The van der Waals surface area contributed by atoms with Crippen molar-refractivity contribution >= 4 is 52.2 Å². The highest BCUT2D eigenvalue weighted by Gasteiger charge is 2.41. The lowest BCUT2D eigenvalue weighted by Gasteiger charge is -2.37. The third-order valence-corrected chi connectivity index (χ3v) is 8.88. The van der Waals surface area contributed by atoms with E-state index < -0.39 is 23.6 Å². The maximum Gasteiger partial charge on any atom is 0.299 e. The van der Waals surface area contributed by atoms with Crippen LogP contribution in [0.3, 0.4) is 0 Å². The highest BCUT2D eigenvalue weighted by molar-refractivity contribution is 6.52. The topological polar surface area (TPSA) is 99.3 Å². The van der Waals surface area contributed by atoms with Crippen LogP contribution in [0.5, 0.6) is 0 Å². The Labute approximate surface area is 267 Å². The van der Waals surface area contributed by atoms with Gasteiger partial charge < -0.3 is 19.9 Å². The summed E-state index contributed by atoms with van der Waals surface area (Å²) in [4.78, 5) is 59.2. The van der Waals surface area contributed by atoms with Gasteiger partial charge in [0, 0.05) is 36.0 Å². The van der Waals surface area contributed by atoms with Crippen LogP contribution in [-0.4, -0.2) is 67.3 Å². The predicted molar refractivity (Wildman–Crippen MR) is 174 cm³/mol. The van der Waals surface area contributed by atoms with E-state index in [0.29, 0.717) is 36.0 Å². The van der Waals surface area contributed by atoms with Crippen LogP contribution in [0.1, 0.15) is 35.2 Å². The first kappa shape index (κ1) is 30.6. The van der Waals surface area contributed by atoms with Crippen molar-refractivity contribution in [2.45, 2.75) is 31.8 Å². The summed E-state index contributed by atoms with van der Waals surface area (Å²) in [6.07, 6.45) is 6.28. The molecule has 0 spiro atoms. The lowest BCUT2D eigenvalue weighted by Crippen LogP contribution is -2.54. The van der Waals surface area contributed by atoms with Gasteiger partial charge in [0.15, 0.2) is 0 Å². The summed E-state index contributed by atoms with van der Waals surface area (Å²) in [6, 6.07) is 20.6. The maximum absolute atomic E-state index is 14.3. The molecule has 0 radical (unpaired) electrons. The van der Waals surface area contributed by atoms with Gasteiger partial charge in [0.1, 0.15) is 12.6 Å². The number of para-hydroxylation sites is 1. The van der Waals surface area contributed by atoms with Crippen LogP contribution < -0.4 is 15.1 Å². The van der Waals surface area contributed by atoms with Gasteiger partial charge in [0.2, 0.25) is 11.8 Å². The fraction of sp³-hybridized carbons (Fsp3) is 0.314. The minimum absolute atomic E-state index is 0.127. The number of hydrogen-bond donors (Lipinski definition) is 1. The zero-order valence-corrected chi connectivity index (χ0v) is 25.6. The SMILES string of the molecule is O=C1C(=O)N(CC(=O)N(Cc2ccc(Cl)cc2)C(C(=O)Nc2ccc(N3CCOCC3)cc2)C2CC=CCC2)c2ccccc21. The second-order valence-electron chi connectivity index (χ2n) is 11.5. The van der Waals surface area contributed by atoms with Crippen LogP contribution in [0, 0.1) is 5.92 Å². The molecule has 2 unspecified atom stereocenters. The number of hydrogen-bond acceptors (Lipinski definition) is 6. The van der Waals surface area contributed by atoms with Crippen molar-refractivity contribution in [1.82, 2.24) is 4.90 Å². The molecule has 232 valence electrons. The first-order valence-corrected chi connectivity index (χ1v) is 15.6. The summed E-state index contributed by atoms with van der Waals surface area (Å²) in [5.41, 5.74) is 3.13. The minimum Gasteiger partial charge on any atom is -0.378 e. The van der Waals surface area contributed by atoms with Crippen molar-refractivity contribution in [2.24, 2.45) is 5.92 Å².